The molecule has 2 aromatic carbocycles. The number of imidazole rings is 1. The third-order valence-electron chi connectivity index (χ3n) is 4.83. The Morgan fingerprint density at radius 1 is 1.24 bits per heavy atom. The van der Waals surface area contributed by atoms with E-state index >= 15 is 0 Å². The van der Waals surface area contributed by atoms with Crippen LogP contribution in [-0.2, 0) is 11.2 Å². The lowest BCUT2D eigenvalue weighted by atomic mass is 10.1. The molecule has 7 heteroatoms. The second kappa shape index (κ2) is 8.76. The van der Waals surface area contributed by atoms with Gasteiger partial charge in [0.05, 0.1) is 11.4 Å². The Labute approximate surface area is 178 Å². The predicted octanol–water partition coefficient (Wildman–Crippen LogP) is 4.77. The zero-order valence-electron chi connectivity index (χ0n) is 16.0. The molecular weight excluding hydrogens is 404 g/mol. The van der Waals surface area contributed by atoms with E-state index in [0.29, 0.717) is 17.3 Å². The summed E-state index contributed by atoms with van der Waals surface area (Å²) in [6.45, 7) is 2.58. The van der Waals surface area contributed by atoms with Crippen molar-refractivity contribution in [1.82, 2.24) is 19.9 Å². The first-order chi connectivity index (χ1) is 14.1. The molecule has 2 aromatic heterocycles. The maximum atomic E-state index is 12.3. The number of hydrogen-bond acceptors (Lipinski definition) is 3. The normalized spacial score (nSPS) is 11.1. The first kappa shape index (κ1) is 19.6. The molecule has 0 aliphatic carbocycles. The van der Waals surface area contributed by atoms with Gasteiger partial charge in [0.1, 0.15) is 0 Å². The number of carbonyl (C=O) groups excluding carboxylic acids is 1. The van der Waals surface area contributed by atoms with Crippen molar-refractivity contribution in [2.75, 3.05) is 12.3 Å². The van der Waals surface area contributed by atoms with E-state index in [4.69, 9.17) is 11.6 Å². The summed E-state index contributed by atoms with van der Waals surface area (Å²) in [7, 11) is 0. The standard InChI is InChI=1S/C22H21ClN4OS/c1-15-18(23)6-4-8-20(15)27-12-11-25-22(27)29-14-21(28)24-10-9-16-13-26-19-7-3-2-5-17(16)19/h2-8,11-13,26H,9-10,14H2,1H3,(H,24,28). The molecule has 0 spiro atoms. The van der Waals surface area contributed by atoms with Crippen molar-refractivity contribution in [3.63, 3.8) is 0 Å². The van der Waals surface area contributed by atoms with E-state index in [1.807, 2.05) is 54.2 Å². The van der Waals surface area contributed by atoms with Gasteiger partial charge in [-0.2, -0.15) is 0 Å². The molecular formula is C22H21ClN4OS. The summed E-state index contributed by atoms with van der Waals surface area (Å²) in [4.78, 5) is 20.0. The van der Waals surface area contributed by atoms with Gasteiger partial charge in [-0.15, -0.1) is 0 Å². The molecule has 2 N–H and O–H groups in total. The number of thioether (sulfide) groups is 1. The molecule has 0 aliphatic rings. The molecule has 0 unspecified atom stereocenters. The highest BCUT2D eigenvalue weighted by Gasteiger charge is 2.12. The van der Waals surface area contributed by atoms with Gasteiger partial charge in [0.2, 0.25) is 5.91 Å². The molecule has 29 heavy (non-hydrogen) atoms. The monoisotopic (exact) mass is 424 g/mol. The van der Waals surface area contributed by atoms with E-state index in [1.165, 1.54) is 22.7 Å². The van der Waals surface area contributed by atoms with Gasteiger partial charge in [-0.05, 0) is 42.7 Å². The molecule has 148 valence electrons. The Morgan fingerprint density at radius 2 is 2.10 bits per heavy atom. The van der Waals surface area contributed by atoms with Crippen molar-refractivity contribution >= 4 is 40.2 Å². The summed E-state index contributed by atoms with van der Waals surface area (Å²) in [5.74, 6) is 0.303. The molecule has 0 fully saturated rings. The molecule has 4 aromatic rings. The van der Waals surface area contributed by atoms with Crippen LogP contribution in [0, 0.1) is 6.92 Å². The van der Waals surface area contributed by atoms with Crippen LogP contribution in [0.2, 0.25) is 5.02 Å². The second-order valence-corrected chi connectivity index (χ2v) is 8.06. The van der Waals surface area contributed by atoms with Crippen LogP contribution in [0.5, 0.6) is 0 Å². The predicted molar refractivity (Wildman–Crippen MR) is 119 cm³/mol. The number of H-pyrrole nitrogens is 1. The number of nitrogens with zero attached hydrogens (tertiary/aromatic N) is 2. The fourth-order valence-electron chi connectivity index (χ4n) is 3.29. The Balaban J connectivity index is 1.33. The van der Waals surface area contributed by atoms with E-state index in [2.05, 4.69) is 27.4 Å². The number of hydrogen-bond donors (Lipinski definition) is 2. The maximum absolute atomic E-state index is 12.3. The summed E-state index contributed by atoms with van der Waals surface area (Å²) < 4.78 is 1.96. The van der Waals surface area contributed by atoms with Gasteiger partial charge in [-0.1, -0.05) is 47.6 Å². The van der Waals surface area contributed by atoms with Crippen LogP contribution in [-0.4, -0.2) is 32.7 Å². The van der Waals surface area contributed by atoms with Crippen LogP contribution in [0.4, 0.5) is 0 Å². The fraction of sp³-hybridized carbons (Fsp3) is 0.182. The summed E-state index contributed by atoms with van der Waals surface area (Å²) in [6.07, 6.45) is 6.42. The molecule has 0 bridgehead atoms. The lowest BCUT2D eigenvalue weighted by molar-refractivity contribution is -0.118. The van der Waals surface area contributed by atoms with Crippen LogP contribution in [0.15, 0.2) is 66.2 Å². The molecule has 0 saturated carbocycles. The number of rotatable bonds is 7. The number of benzene rings is 2. The summed E-state index contributed by atoms with van der Waals surface area (Å²) in [6, 6.07) is 14.0. The molecule has 4 rings (SSSR count). The van der Waals surface area contributed by atoms with Crippen molar-refractivity contribution in [1.29, 1.82) is 0 Å². The second-order valence-electron chi connectivity index (χ2n) is 6.71. The molecule has 0 aliphatic heterocycles. The molecule has 0 radical (unpaired) electrons. The van der Waals surface area contributed by atoms with Gasteiger partial charge in [-0.25, -0.2) is 4.98 Å². The minimum Gasteiger partial charge on any atom is -0.361 e. The smallest absolute Gasteiger partial charge is 0.230 e. The first-order valence-electron chi connectivity index (χ1n) is 9.37. The molecule has 0 atom stereocenters. The largest absolute Gasteiger partial charge is 0.361 e. The topological polar surface area (TPSA) is 62.7 Å². The van der Waals surface area contributed by atoms with Crippen molar-refractivity contribution in [2.24, 2.45) is 0 Å². The number of halogens is 1. The van der Waals surface area contributed by atoms with E-state index in [1.54, 1.807) is 6.20 Å². The summed E-state index contributed by atoms with van der Waals surface area (Å²) in [5, 5.41) is 5.68. The van der Waals surface area contributed by atoms with E-state index < -0.39 is 0 Å². The fourth-order valence-corrected chi connectivity index (χ4v) is 4.26. The van der Waals surface area contributed by atoms with Crippen molar-refractivity contribution < 1.29 is 4.79 Å². The van der Waals surface area contributed by atoms with Crippen molar-refractivity contribution in [3.05, 3.63) is 77.2 Å². The van der Waals surface area contributed by atoms with E-state index in [-0.39, 0.29) is 5.91 Å². The average molecular weight is 425 g/mol. The SMILES string of the molecule is Cc1c(Cl)cccc1-n1ccnc1SCC(=O)NCCc1c[nH]c2ccccc12. The molecule has 1 amide bonds. The van der Waals surface area contributed by atoms with Crippen molar-refractivity contribution in [2.45, 2.75) is 18.5 Å². The zero-order valence-corrected chi connectivity index (χ0v) is 17.6. The Kier molecular flexibility index (Phi) is 5.92. The molecule has 5 nitrogen and oxygen atoms in total. The van der Waals surface area contributed by atoms with Gasteiger partial charge in [0.25, 0.3) is 0 Å². The number of fused-ring (bicyclic) bond motifs is 1. The van der Waals surface area contributed by atoms with Gasteiger partial charge < -0.3 is 10.3 Å². The quantitative estimate of drug-likeness (QED) is 0.420. The highest BCUT2D eigenvalue weighted by Crippen LogP contribution is 2.26. The average Bonchev–Trinajstić information content (AvgIpc) is 3.36. The van der Waals surface area contributed by atoms with Crippen LogP contribution in [0.3, 0.4) is 0 Å². The van der Waals surface area contributed by atoms with E-state index in [0.717, 1.165) is 28.3 Å². The van der Waals surface area contributed by atoms with Gasteiger partial charge in [0.15, 0.2) is 5.16 Å². The highest BCUT2D eigenvalue weighted by atomic mass is 35.5. The van der Waals surface area contributed by atoms with Crippen molar-refractivity contribution in [3.8, 4) is 5.69 Å². The number of nitrogens with one attached hydrogen (secondary N) is 2. The van der Waals surface area contributed by atoms with Crippen LogP contribution in [0.25, 0.3) is 16.6 Å². The lowest BCUT2D eigenvalue weighted by Crippen LogP contribution is -2.27. The van der Waals surface area contributed by atoms with Crippen LogP contribution < -0.4 is 5.32 Å². The Hall–Kier alpha value is -2.70. The Morgan fingerprint density at radius 3 is 3.00 bits per heavy atom. The van der Waals surface area contributed by atoms with Gasteiger partial charge in [0, 0.05) is 41.1 Å². The van der Waals surface area contributed by atoms with Gasteiger partial charge in [-0.3, -0.25) is 9.36 Å². The van der Waals surface area contributed by atoms with Crippen LogP contribution in [0.1, 0.15) is 11.1 Å². The maximum Gasteiger partial charge on any atom is 0.230 e. The molecule has 0 saturated heterocycles. The van der Waals surface area contributed by atoms with E-state index in [9.17, 15) is 4.79 Å². The number of aromatic nitrogens is 3. The Bertz CT molecular complexity index is 1150. The number of aromatic amines is 1. The number of carbonyl (C=O) groups is 1. The zero-order chi connectivity index (χ0) is 20.2. The third kappa shape index (κ3) is 4.33. The minimum absolute atomic E-state index is 0.00722. The summed E-state index contributed by atoms with van der Waals surface area (Å²) >= 11 is 7.65. The lowest BCUT2D eigenvalue weighted by Gasteiger charge is -2.11. The van der Waals surface area contributed by atoms with Gasteiger partial charge >= 0.3 is 0 Å². The minimum atomic E-state index is -0.00722. The molecule has 2 heterocycles. The number of para-hydroxylation sites is 1. The third-order valence-corrected chi connectivity index (χ3v) is 6.21. The summed E-state index contributed by atoms with van der Waals surface area (Å²) in [5.41, 5.74) is 4.28. The highest BCUT2D eigenvalue weighted by molar-refractivity contribution is 7.99. The number of amides is 1. The van der Waals surface area contributed by atoms with Crippen LogP contribution >= 0.6 is 23.4 Å². The first-order valence-corrected chi connectivity index (χ1v) is 10.7.